The number of imidazole rings is 1. The molecule has 5 rings (SSSR count). The van der Waals surface area contributed by atoms with Gasteiger partial charge in [-0.3, -0.25) is 9.97 Å². The zero-order valence-electron chi connectivity index (χ0n) is 17.6. The molecular formula is C25H19N7O. The lowest BCUT2D eigenvalue weighted by molar-refractivity contribution is 0.300. The van der Waals surface area contributed by atoms with Crippen molar-refractivity contribution in [3.8, 4) is 18.1 Å². The zero-order chi connectivity index (χ0) is 22.5. The van der Waals surface area contributed by atoms with Crippen molar-refractivity contribution < 1.29 is 4.74 Å². The molecule has 2 aromatic carbocycles. The summed E-state index contributed by atoms with van der Waals surface area (Å²) in [5.74, 6) is 3.70. The summed E-state index contributed by atoms with van der Waals surface area (Å²) in [6.07, 6.45) is 17.8. The maximum Gasteiger partial charge on any atom is 0.227 e. The Morgan fingerprint density at radius 2 is 2.00 bits per heavy atom. The summed E-state index contributed by atoms with van der Waals surface area (Å²) < 4.78 is 7.92. The topological polar surface area (TPSA) is 90.6 Å². The Labute approximate surface area is 190 Å². The van der Waals surface area contributed by atoms with Gasteiger partial charge in [0.15, 0.2) is 0 Å². The largest absolute Gasteiger partial charge is 0.486 e. The van der Waals surface area contributed by atoms with Crippen LogP contribution in [0.15, 0.2) is 79.9 Å². The van der Waals surface area contributed by atoms with Gasteiger partial charge in [-0.25, -0.2) is 15.0 Å². The Balaban J connectivity index is 1.38. The van der Waals surface area contributed by atoms with Crippen molar-refractivity contribution in [2.24, 2.45) is 0 Å². The fraction of sp³-hybridized carbons (Fsp3) is 0.0800. The molecule has 3 heterocycles. The molecule has 0 unspecified atom stereocenters. The Hall–Kier alpha value is -4.77. The molecule has 8 heteroatoms. The molecule has 0 amide bonds. The highest BCUT2D eigenvalue weighted by molar-refractivity contribution is 5.83. The van der Waals surface area contributed by atoms with Gasteiger partial charge in [-0.15, -0.1) is 6.42 Å². The van der Waals surface area contributed by atoms with Crippen LogP contribution >= 0.6 is 0 Å². The molecule has 5 aromatic rings. The van der Waals surface area contributed by atoms with E-state index in [4.69, 9.17) is 11.2 Å². The van der Waals surface area contributed by atoms with Gasteiger partial charge in [-0.2, -0.15) is 0 Å². The third kappa shape index (κ3) is 4.78. The number of hydrogen-bond acceptors (Lipinski definition) is 7. The number of aromatic nitrogens is 6. The first kappa shape index (κ1) is 20.2. The lowest BCUT2D eigenvalue weighted by Gasteiger charge is -2.11. The van der Waals surface area contributed by atoms with Crippen LogP contribution in [-0.4, -0.2) is 29.5 Å². The fourth-order valence-electron chi connectivity index (χ4n) is 3.38. The van der Waals surface area contributed by atoms with Gasteiger partial charge in [0.25, 0.3) is 0 Å². The van der Waals surface area contributed by atoms with Crippen LogP contribution in [-0.2, 0) is 13.2 Å². The number of nitrogens with zero attached hydrogens (tertiary/aromatic N) is 6. The minimum Gasteiger partial charge on any atom is -0.486 e. The first-order chi connectivity index (χ1) is 16.3. The van der Waals surface area contributed by atoms with Crippen LogP contribution in [0, 0.1) is 12.3 Å². The van der Waals surface area contributed by atoms with Crippen molar-refractivity contribution in [2.45, 2.75) is 13.2 Å². The van der Waals surface area contributed by atoms with E-state index in [-0.39, 0.29) is 6.61 Å². The molecule has 160 valence electrons. The van der Waals surface area contributed by atoms with Crippen molar-refractivity contribution in [1.29, 1.82) is 0 Å². The van der Waals surface area contributed by atoms with E-state index in [0.29, 0.717) is 23.0 Å². The Kier molecular flexibility index (Phi) is 5.59. The highest BCUT2D eigenvalue weighted by Crippen LogP contribution is 2.26. The number of ether oxygens (including phenoxy) is 1. The van der Waals surface area contributed by atoms with Crippen LogP contribution in [0.2, 0.25) is 0 Å². The van der Waals surface area contributed by atoms with E-state index in [1.165, 1.54) is 0 Å². The molecule has 8 nitrogen and oxygen atoms in total. The summed E-state index contributed by atoms with van der Waals surface area (Å²) in [7, 11) is 0. The van der Waals surface area contributed by atoms with Crippen molar-refractivity contribution >= 4 is 22.5 Å². The highest BCUT2D eigenvalue weighted by Gasteiger charge is 2.09. The average molecular weight is 433 g/mol. The summed E-state index contributed by atoms with van der Waals surface area (Å²) in [6, 6.07) is 11.8. The van der Waals surface area contributed by atoms with E-state index in [1.807, 2.05) is 35.0 Å². The molecule has 0 saturated carbocycles. The van der Waals surface area contributed by atoms with E-state index in [0.717, 1.165) is 28.7 Å². The molecule has 0 aliphatic heterocycles. The van der Waals surface area contributed by atoms with Gasteiger partial charge in [0.1, 0.15) is 12.4 Å². The Morgan fingerprint density at radius 3 is 2.82 bits per heavy atom. The van der Waals surface area contributed by atoms with Gasteiger partial charge >= 0.3 is 0 Å². The van der Waals surface area contributed by atoms with Crippen LogP contribution in [0.25, 0.3) is 10.9 Å². The molecule has 33 heavy (non-hydrogen) atoms. The molecular weight excluding hydrogens is 414 g/mol. The number of terminal acetylenes is 1. The maximum absolute atomic E-state index is 5.91. The summed E-state index contributed by atoms with van der Waals surface area (Å²) >= 11 is 0. The lowest BCUT2D eigenvalue weighted by Crippen LogP contribution is -2.02. The van der Waals surface area contributed by atoms with E-state index in [1.54, 1.807) is 37.3 Å². The minimum absolute atomic E-state index is 0.258. The first-order valence-corrected chi connectivity index (χ1v) is 10.2. The summed E-state index contributed by atoms with van der Waals surface area (Å²) in [5, 5.41) is 4.10. The van der Waals surface area contributed by atoms with Gasteiger partial charge in [0.2, 0.25) is 5.95 Å². The zero-order valence-corrected chi connectivity index (χ0v) is 17.6. The Bertz CT molecular complexity index is 1430. The average Bonchev–Trinajstić information content (AvgIpc) is 3.36. The first-order valence-electron chi connectivity index (χ1n) is 10.2. The van der Waals surface area contributed by atoms with Crippen molar-refractivity contribution in [2.75, 3.05) is 5.32 Å². The van der Waals surface area contributed by atoms with E-state index in [9.17, 15) is 0 Å². The Morgan fingerprint density at radius 1 is 1.03 bits per heavy atom. The monoisotopic (exact) mass is 433 g/mol. The van der Waals surface area contributed by atoms with Crippen LogP contribution in [0.5, 0.6) is 5.75 Å². The SMILES string of the molecule is C#Cc1cc2cnc(Nc3cccc(Cn4ccnc4)c3)nc2cc1OCc1cnccn1. The third-order valence-corrected chi connectivity index (χ3v) is 4.94. The van der Waals surface area contributed by atoms with Crippen LogP contribution in [0.1, 0.15) is 16.8 Å². The van der Waals surface area contributed by atoms with E-state index < -0.39 is 0 Å². The molecule has 0 atom stereocenters. The van der Waals surface area contributed by atoms with Crippen molar-refractivity contribution in [3.63, 3.8) is 0 Å². The third-order valence-electron chi connectivity index (χ3n) is 4.94. The normalized spacial score (nSPS) is 10.6. The molecule has 1 N–H and O–H groups in total. The van der Waals surface area contributed by atoms with Crippen molar-refractivity contribution in [1.82, 2.24) is 29.5 Å². The molecule has 3 aromatic heterocycles. The van der Waals surface area contributed by atoms with Gasteiger partial charge in [-0.05, 0) is 23.8 Å². The molecule has 0 bridgehead atoms. The molecule has 0 fully saturated rings. The number of fused-ring (bicyclic) bond motifs is 1. The highest BCUT2D eigenvalue weighted by atomic mass is 16.5. The van der Waals surface area contributed by atoms with Gasteiger partial charge in [0.05, 0.1) is 29.3 Å². The fourth-order valence-corrected chi connectivity index (χ4v) is 3.38. The smallest absolute Gasteiger partial charge is 0.227 e. The van der Waals surface area contributed by atoms with E-state index in [2.05, 4.69) is 48.3 Å². The number of anilines is 2. The number of nitrogens with one attached hydrogen (secondary N) is 1. The number of rotatable bonds is 7. The second kappa shape index (κ2) is 9.16. The van der Waals surface area contributed by atoms with Crippen molar-refractivity contribution in [3.05, 3.63) is 96.7 Å². The van der Waals surface area contributed by atoms with Gasteiger partial charge in [0, 0.05) is 54.7 Å². The molecule has 0 saturated heterocycles. The summed E-state index contributed by atoms with van der Waals surface area (Å²) in [6.45, 7) is 0.989. The quantitative estimate of drug-likeness (QED) is 0.388. The molecule has 0 aliphatic carbocycles. The summed E-state index contributed by atoms with van der Waals surface area (Å²) in [5.41, 5.74) is 4.09. The predicted octanol–water partition coefficient (Wildman–Crippen LogP) is 3.97. The molecule has 0 aliphatic rings. The lowest BCUT2D eigenvalue weighted by atomic mass is 10.1. The second-order valence-electron chi connectivity index (χ2n) is 7.29. The van der Waals surface area contributed by atoms with Crippen LogP contribution in [0.3, 0.4) is 0 Å². The van der Waals surface area contributed by atoms with E-state index >= 15 is 0 Å². The minimum atomic E-state index is 0.258. The number of benzene rings is 2. The van der Waals surface area contributed by atoms with Crippen LogP contribution < -0.4 is 10.1 Å². The molecule has 0 spiro atoms. The predicted molar refractivity (Wildman–Crippen MR) is 125 cm³/mol. The molecule has 0 radical (unpaired) electrons. The second-order valence-corrected chi connectivity index (χ2v) is 7.29. The maximum atomic E-state index is 5.91. The van der Waals surface area contributed by atoms with Gasteiger partial charge in [-0.1, -0.05) is 18.1 Å². The van der Waals surface area contributed by atoms with Gasteiger partial charge < -0.3 is 14.6 Å². The number of hydrogen-bond donors (Lipinski definition) is 1. The standard InChI is InChI=1S/C25H19N7O/c1-2-19-11-20-13-29-25(30-21-5-3-4-18(10-21)15-32-9-8-27-17-32)31-23(20)12-24(19)33-16-22-14-26-6-7-28-22/h1,3-14,17H,15-16H2,(H,29,30,31). The summed E-state index contributed by atoms with van der Waals surface area (Å²) in [4.78, 5) is 21.5. The van der Waals surface area contributed by atoms with Crippen LogP contribution in [0.4, 0.5) is 11.6 Å².